The van der Waals surface area contributed by atoms with Gasteiger partial charge in [-0.1, -0.05) is 12.1 Å². The van der Waals surface area contributed by atoms with Gasteiger partial charge in [-0.25, -0.2) is 4.39 Å². The van der Waals surface area contributed by atoms with E-state index in [1.807, 2.05) is 23.0 Å². The fourth-order valence-electron chi connectivity index (χ4n) is 4.60. The Morgan fingerprint density at radius 2 is 1.92 bits per heavy atom. The molecule has 1 saturated heterocycles. The second-order valence-electron chi connectivity index (χ2n) is 7.54. The second kappa shape index (κ2) is 7.18. The summed E-state index contributed by atoms with van der Waals surface area (Å²) in [6.07, 6.45) is 6.05. The number of nitrogens with zero attached hydrogens (tertiary/aromatic N) is 4. The van der Waals surface area contributed by atoms with E-state index in [9.17, 15) is 4.39 Å². The van der Waals surface area contributed by atoms with E-state index in [0.717, 1.165) is 38.8 Å². The zero-order valence-electron chi connectivity index (χ0n) is 14.8. The number of nitriles is 1. The molecule has 0 spiro atoms. The summed E-state index contributed by atoms with van der Waals surface area (Å²) >= 11 is 0. The number of benzene rings is 1. The fraction of sp³-hybridized carbons (Fsp3) is 0.500. The average molecular weight is 353 g/mol. The maximum atomic E-state index is 13.3. The van der Waals surface area contributed by atoms with E-state index in [-0.39, 0.29) is 17.9 Å². The first kappa shape index (κ1) is 17.2. The van der Waals surface area contributed by atoms with Gasteiger partial charge in [-0.3, -0.25) is 9.58 Å². The molecule has 0 amide bonds. The number of rotatable bonds is 3. The lowest BCUT2D eigenvalue weighted by Gasteiger charge is -2.38. The van der Waals surface area contributed by atoms with E-state index < -0.39 is 0 Å². The van der Waals surface area contributed by atoms with Gasteiger partial charge >= 0.3 is 0 Å². The summed E-state index contributed by atoms with van der Waals surface area (Å²) < 4.78 is 15.3. The highest BCUT2D eigenvalue weighted by molar-refractivity contribution is 5.24. The molecule has 1 aliphatic heterocycles. The van der Waals surface area contributed by atoms with Crippen molar-refractivity contribution in [2.75, 3.05) is 13.1 Å². The molecule has 2 N–H and O–H groups in total. The summed E-state index contributed by atoms with van der Waals surface area (Å²) in [6.45, 7) is 1.96. The molecule has 1 aromatic carbocycles. The predicted octanol–water partition coefficient (Wildman–Crippen LogP) is 2.80. The Kier molecular flexibility index (Phi) is 4.75. The number of hydrogen-bond donors (Lipinski definition) is 1. The first-order valence-electron chi connectivity index (χ1n) is 9.34. The van der Waals surface area contributed by atoms with Crippen molar-refractivity contribution in [2.45, 2.75) is 49.7 Å². The maximum absolute atomic E-state index is 13.3. The SMILES string of the molecule is N#Cc1ccn(C2CC(c3ccc(F)cc3)CC2N2CCCC(N)C2)n1. The van der Waals surface area contributed by atoms with Crippen molar-refractivity contribution in [2.24, 2.45) is 5.73 Å². The largest absolute Gasteiger partial charge is 0.327 e. The van der Waals surface area contributed by atoms with Crippen molar-refractivity contribution in [3.05, 3.63) is 53.6 Å². The van der Waals surface area contributed by atoms with E-state index >= 15 is 0 Å². The van der Waals surface area contributed by atoms with Crippen molar-refractivity contribution >= 4 is 0 Å². The minimum absolute atomic E-state index is 0.201. The highest BCUT2D eigenvalue weighted by Crippen LogP contribution is 2.44. The number of aromatic nitrogens is 2. The van der Waals surface area contributed by atoms with Crippen LogP contribution in [-0.2, 0) is 0 Å². The Morgan fingerprint density at radius 3 is 2.62 bits per heavy atom. The lowest BCUT2D eigenvalue weighted by Crippen LogP contribution is -2.49. The quantitative estimate of drug-likeness (QED) is 0.921. The summed E-state index contributed by atoms with van der Waals surface area (Å²) in [6, 6.07) is 11.5. The Balaban J connectivity index is 1.61. The number of halogens is 1. The molecule has 2 aromatic rings. The molecule has 5 nitrogen and oxygen atoms in total. The van der Waals surface area contributed by atoms with Crippen LogP contribution in [0.5, 0.6) is 0 Å². The van der Waals surface area contributed by atoms with Crippen LogP contribution in [0, 0.1) is 17.1 Å². The van der Waals surface area contributed by atoms with E-state index in [4.69, 9.17) is 11.0 Å². The van der Waals surface area contributed by atoms with Crippen molar-refractivity contribution in [3.8, 4) is 6.07 Å². The highest BCUT2D eigenvalue weighted by atomic mass is 19.1. The summed E-state index contributed by atoms with van der Waals surface area (Å²) in [5.41, 5.74) is 7.84. The molecule has 136 valence electrons. The van der Waals surface area contributed by atoms with E-state index in [0.29, 0.717) is 17.7 Å². The van der Waals surface area contributed by atoms with Crippen LogP contribution in [0.1, 0.15) is 48.9 Å². The number of nitrogens with two attached hydrogens (primary N) is 1. The van der Waals surface area contributed by atoms with Gasteiger partial charge in [-0.05, 0) is 61.9 Å². The van der Waals surface area contributed by atoms with Crippen LogP contribution in [-0.4, -0.2) is 39.9 Å². The zero-order valence-corrected chi connectivity index (χ0v) is 14.8. The first-order chi connectivity index (χ1) is 12.6. The van der Waals surface area contributed by atoms with Gasteiger partial charge in [0.05, 0.1) is 6.04 Å². The Hall–Kier alpha value is -2.23. The van der Waals surface area contributed by atoms with Crippen LogP contribution in [0.15, 0.2) is 36.5 Å². The van der Waals surface area contributed by atoms with Crippen molar-refractivity contribution < 1.29 is 4.39 Å². The van der Waals surface area contributed by atoms with Crippen molar-refractivity contribution in [1.82, 2.24) is 14.7 Å². The van der Waals surface area contributed by atoms with Crippen molar-refractivity contribution in [1.29, 1.82) is 5.26 Å². The maximum Gasteiger partial charge on any atom is 0.162 e. The normalized spacial score (nSPS) is 29.6. The third kappa shape index (κ3) is 3.37. The molecule has 1 aliphatic carbocycles. The third-order valence-electron chi connectivity index (χ3n) is 5.86. The minimum atomic E-state index is -0.201. The van der Waals surface area contributed by atoms with Gasteiger partial charge in [0.25, 0.3) is 0 Å². The molecule has 4 rings (SSSR count). The average Bonchev–Trinajstić information content (AvgIpc) is 3.29. The standard InChI is InChI=1S/C20H24FN5/c21-16-5-3-14(4-6-16)15-10-19(25-8-1-2-17(23)13-25)20(11-15)26-9-7-18(12-22)24-26/h3-7,9,15,17,19-20H,1-2,8,10-11,13,23H2. The van der Waals surface area contributed by atoms with Gasteiger partial charge < -0.3 is 5.73 Å². The molecule has 4 unspecified atom stereocenters. The Labute approximate surface area is 153 Å². The summed E-state index contributed by atoms with van der Waals surface area (Å²) in [5, 5.41) is 13.6. The molecular formula is C20H24FN5. The smallest absolute Gasteiger partial charge is 0.162 e. The van der Waals surface area contributed by atoms with Gasteiger partial charge in [0.15, 0.2) is 5.69 Å². The van der Waals surface area contributed by atoms with Crippen LogP contribution < -0.4 is 5.73 Å². The monoisotopic (exact) mass is 353 g/mol. The van der Waals surface area contributed by atoms with Crippen LogP contribution in [0.3, 0.4) is 0 Å². The molecule has 0 radical (unpaired) electrons. The summed E-state index contributed by atoms with van der Waals surface area (Å²) in [5.74, 6) is 0.158. The Morgan fingerprint density at radius 1 is 1.15 bits per heavy atom. The van der Waals surface area contributed by atoms with Crippen LogP contribution in [0.2, 0.25) is 0 Å². The molecule has 2 aliphatic rings. The fourth-order valence-corrected chi connectivity index (χ4v) is 4.60. The topological polar surface area (TPSA) is 70.9 Å². The summed E-state index contributed by atoms with van der Waals surface area (Å²) in [4.78, 5) is 2.50. The van der Waals surface area contributed by atoms with Crippen LogP contribution in [0.25, 0.3) is 0 Å². The molecule has 1 saturated carbocycles. The van der Waals surface area contributed by atoms with Gasteiger partial charge in [-0.15, -0.1) is 0 Å². The molecule has 2 heterocycles. The number of likely N-dealkylation sites (tertiary alicyclic amines) is 1. The van der Waals surface area contributed by atoms with Crippen molar-refractivity contribution in [3.63, 3.8) is 0 Å². The lowest BCUT2D eigenvalue weighted by molar-refractivity contribution is 0.119. The number of hydrogen-bond acceptors (Lipinski definition) is 4. The van der Waals surface area contributed by atoms with Gasteiger partial charge in [0.1, 0.15) is 11.9 Å². The molecule has 1 aromatic heterocycles. The molecule has 0 bridgehead atoms. The van der Waals surface area contributed by atoms with Gasteiger partial charge in [0, 0.05) is 24.8 Å². The molecule has 4 atom stereocenters. The lowest BCUT2D eigenvalue weighted by atomic mass is 9.97. The predicted molar refractivity (Wildman–Crippen MR) is 96.9 cm³/mol. The van der Waals surface area contributed by atoms with E-state index in [2.05, 4.69) is 16.1 Å². The van der Waals surface area contributed by atoms with Crippen LogP contribution >= 0.6 is 0 Å². The van der Waals surface area contributed by atoms with E-state index in [1.165, 1.54) is 17.7 Å². The van der Waals surface area contributed by atoms with Gasteiger partial charge in [0.2, 0.25) is 0 Å². The highest BCUT2D eigenvalue weighted by Gasteiger charge is 2.40. The van der Waals surface area contributed by atoms with Gasteiger partial charge in [-0.2, -0.15) is 10.4 Å². The molecule has 6 heteroatoms. The minimum Gasteiger partial charge on any atom is -0.327 e. The Bertz CT molecular complexity index is 793. The third-order valence-corrected chi connectivity index (χ3v) is 5.86. The zero-order chi connectivity index (χ0) is 18.1. The number of piperidine rings is 1. The molecular weight excluding hydrogens is 329 g/mol. The summed E-state index contributed by atoms with van der Waals surface area (Å²) in [7, 11) is 0. The second-order valence-corrected chi connectivity index (χ2v) is 7.54. The molecule has 26 heavy (non-hydrogen) atoms. The molecule has 2 fully saturated rings. The van der Waals surface area contributed by atoms with Crippen LogP contribution in [0.4, 0.5) is 4.39 Å². The first-order valence-corrected chi connectivity index (χ1v) is 9.34. The van der Waals surface area contributed by atoms with E-state index in [1.54, 1.807) is 6.07 Å².